The largest absolute Gasteiger partial charge is 0.493 e. The maximum Gasteiger partial charge on any atom is 0.196 e. The van der Waals surface area contributed by atoms with Crippen LogP contribution in [0.1, 0.15) is 57.5 Å². The lowest BCUT2D eigenvalue weighted by atomic mass is 9.98. The Bertz CT molecular complexity index is 734. The first-order valence-electron chi connectivity index (χ1n) is 9.05. The summed E-state index contributed by atoms with van der Waals surface area (Å²) in [6, 6.07) is 14.7. The molecule has 0 atom stereocenters. The Hall–Kier alpha value is -2.29. The van der Waals surface area contributed by atoms with Gasteiger partial charge in [0.05, 0.1) is 18.8 Å². The van der Waals surface area contributed by atoms with Crippen molar-refractivity contribution < 1.29 is 14.3 Å². The molecular formula is C23H30O3. The standard InChI is InChI=1S/C23H30O3/c1-22(2,3)15-25-18-12-13-19(20(14-18)26-16-23(4,5)6)21(24)17-10-8-7-9-11-17/h7-14H,15-16H2,1-6H3. The van der Waals surface area contributed by atoms with Gasteiger partial charge in [-0.15, -0.1) is 0 Å². The van der Waals surface area contributed by atoms with Crippen LogP contribution in [0.3, 0.4) is 0 Å². The van der Waals surface area contributed by atoms with Crippen LogP contribution in [-0.4, -0.2) is 19.0 Å². The molecule has 0 saturated heterocycles. The third-order valence-electron chi connectivity index (χ3n) is 3.57. The molecule has 2 aromatic carbocycles. The van der Waals surface area contributed by atoms with Crippen molar-refractivity contribution in [2.45, 2.75) is 41.5 Å². The quantitative estimate of drug-likeness (QED) is 0.618. The first-order chi connectivity index (χ1) is 12.1. The number of rotatable bonds is 6. The molecule has 0 fully saturated rings. The van der Waals surface area contributed by atoms with Crippen molar-refractivity contribution in [2.24, 2.45) is 10.8 Å². The third-order valence-corrected chi connectivity index (χ3v) is 3.57. The third kappa shape index (κ3) is 6.21. The van der Waals surface area contributed by atoms with Crippen LogP contribution < -0.4 is 9.47 Å². The van der Waals surface area contributed by atoms with Gasteiger partial charge in [0, 0.05) is 11.6 Å². The summed E-state index contributed by atoms with van der Waals surface area (Å²) >= 11 is 0. The molecule has 0 aliphatic heterocycles. The molecule has 0 bridgehead atoms. The summed E-state index contributed by atoms with van der Waals surface area (Å²) in [7, 11) is 0. The van der Waals surface area contributed by atoms with Gasteiger partial charge in [0.1, 0.15) is 11.5 Å². The van der Waals surface area contributed by atoms with E-state index < -0.39 is 0 Å². The van der Waals surface area contributed by atoms with Crippen LogP contribution >= 0.6 is 0 Å². The van der Waals surface area contributed by atoms with Crippen molar-refractivity contribution in [2.75, 3.05) is 13.2 Å². The van der Waals surface area contributed by atoms with Gasteiger partial charge >= 0.3 is 0 Å². The molecule has 2 aromatic rings. The second-order valence-electron chi connectivity index (χ2n) is 9.05. The highest BCUT2D eigenvalue weighted by Crippen LogP contribution is 2.30. The summed E-state index contributed by atoms with van der Waals surface area (Å²) in [4.78, 5) is 12.9. The number of hydrogen-bond acceptors (Lipinski definition) is 3. The van der Waals surface area contributed by atoms with Gasteiger partial charge in [-0.2, -0.15) is 0 Å². The van der Waals surface area contributed by atoms with Crippen LogP contribution in [0.4, 0.5) is 0 Å². The second-order valence-corrected chi connectivity index (χ2v) is 9.05. The van der Waals surface area contributed by atoms with E-state index in [0.29, 0.717) is 35.8 Å². The molecule has 0 aromatic heterocycles. The van der Waals surface area contributed by atoms with Crippen molar-refractivity contribution in [1.29, 1.82) is 0 Å². The lowest BCUT2D eigenvalue weighted by molar-refractivity contribution is 0.103. The first-order valence-corrected chi connectivity index (χ1v) is 9.05. The molecule has 0 spiro atoms. The fourth-order valence-corrected chi connectivity index (χ4v) is 2.24. The van der Waals surface area contributed by atoms with Gasteiger partial charge < -0.3 is 9.47 Å². The number of carbonyl (C=O) groups is 1. The van der Waals surface area contributed by atoms with Crippen molar-refractivity contribution in [1.82, 2.24) is 0 Å². The minimum atomic E-state index is -0.0446. The SMILES string of the molecule is CC(C)(C)COc1ccc(C(=O)c2ccccc2)c(OCC(C)(C)C)c1. The van der Waals surface area contributed by atoms with Gasteiger partial charge in [0.2, 0.25) is 0 Å². The summed E-state index contributed by atoms with van der Waals surface area (Å²) in [5, 5.41) is 0. The monoisotopic (exact) mass is 354 g/mol. The maximum atomic E-state index is 12.9. The Morgan fingerprint density at radius 1 is 0.808 bits per heavy atom. The topological polar surface area (TPSA) is 35.5 Å². The zero-order valence-corrected chi connectivity index (χ0v) is 16.8. The zero-order valence-electron chi connectivity index (χ0n) is 16.8. The predicted molar refractivity (Wildman–Crippen MR) is 106 cm³/mol. The number of carbonyl (C=O) groups excluding carboxylic acids is 1. The van der Waals surface area contributed by atoms with E-state index >= 15 is 0 Å². The van der Waals surface area contributed by atoms with E-state index in [-0.39, 0.29) is 16.6 Å². The molecule has 0 aliphatic rings. The highest BCUT2D eigenvalue weighted by atomic mass is 16.5. The molecule has 0 N–H and O–H groups in total. The van der Waals surface area contributed by atoms with Gasteiger partial charge in [-0.05, 0) is 23.0 Å². The van der Waals surface area contributed by atoms with Crippen molar-refractivity contribution in [3.8, 4) is 11.5 Å². The average Bonchev–Trinajstić information content (AvgIpc) is 2.57. The van der Waals surface area contributed by atoms with Gasteiger partial charge in [0.25, 0.3) is 0 Å². The van der Waals surface area contributed by atoms with Crippen molar-refractivity contribution in [3.63, 3.8) is 0 Å². The Kier molecular flexibility index (Phi) is 6.12. The Morgan fingerprint density at radius 2 is 1.38 bits per heavy atom. The van der Waals surface area contributed by atoms with Crippen LogP contribution in [0.15, 0.2) is 48.5 Å². The molecule has 140 valence electrons. The van der Waals surface area contributed by atoms with Gasteiger partial charge in [0.15, 0.2) is 5.78 Å². The van der Waals surface area contributed by atoms with E-state index in [9.17, 15) is 4.79 Å². The second kappa shape index (κ2) is 7.94. The van der Waals surface area contributed by atoms with Gasteiger partial charge in [-0.25, -0.2) is 0 Å². The molecule has 0 heterocycles. The lowest BCUT2D eigenvalue weighted by Crippen LogP contribution is -2.19. The van der Waals surface area contributed by atoms with E-state index in [2.05, 4.69) is 41.5 Å². The van der Waals surface area contributed by atoms with Crippen LogP contribution in [0, 0.1) is 10.8 Å². The smallest absolute Gasteiger partial charge is 0.196 e. The maximum absolute atomic E-state index is 12.9. The van der Waals surface area contributed by atoms with Crippen molar-refractivity contribution in [3.05, 3.63) is 59.7 Å². The highest BCUT2D eigenvalue weighted by molar-refractivity contribution is 6.10. The number of ether oxygens (including phenoxy) is 2. The first kappa shape index (κ1) is 20.0. The van der Waals surface area contributed by atoms with E-state index in [1.54, 1.807) is 6.07 Å². The molecule has 0 radical (unpaired) electrons. The van der Waals surface area contributed by atoms with Gasteiger partial charge in [-0.1, -0.05) is 71.9 Å². The number of hydrogen-bond donors (Lipinski definition) is 0. The zero-order chi connectivity index (χ0) is 19.4. The summed E-state index contributed by atoms with van der Waals surface area (Å²) in [6.07, 6.45) is 0. The molecule has 3 nitrogen and oxygen atoms in total. The molecule has 0 aliphatic carbocycles. The summed E-state index contributed by atoms with van der Waals surface area (Å²) in [5.74, 6) is 1.24. The number of benzene rings is 2. The molecule has 0 saturated carbocycles. The predicted octanol–water partition coefficient (Wildman–Crippen LogP) is 5.77. The molecule has 0 amide bonds. The van der Waals surface area contributed by atoms with E-state index in [1.165, 1.54) is 0 Å². The van der Waals surface area contributed by atoms with E-state index in [1.807, 2.05) is 42.5 Å². The Morgan fingerprint density at radius 3 is 1.96 bits per heavy atom. The fraction of sp³-hybridized carbons (Fsp3) is 0.435. The Labute approximate surface area is 157 Å². The minimum Gasteiger partial charge on any atom is -0.493 e. The van der Waals surface area contributed by atoms with Crippen LogP contribution in [-0.2, 0) is 0 Å². The average molecular weight is 354 g/mol. The van der Waals surface area contributed by atoms with Gasteiger partial charge in [-0.3, -0.25) is 4.79 Å². The van der Waals surface area contributed by atoms with Crippen LogP contribution in [0.25, 0.3) is 0 Å². The van der Waals surface area contributed by atoms with Crippen molar-refractivity contribution >= 4 is 5.78 Å². The summed E-state index contributed by atoms with van der Waals surface area (Å²) < 4.78 is 11.9. The Balaban J connectivity index is 2.32. The fourth-order valence-electron chi connectivity index (χ4n) is 2.24. The molecule has 0 unspecified atom stereocenters. The summed E-state index contributed by atoms with van der Waals surface area (Å²) in [6.45, 7) is 13.8. The minimum absolute atomic E-state index is 0.00463. The molecule has 2 rings (SSSR count). The molecule has 3 heteroatoms. The summed E-state index contributed by atoms with van der Waals surface area (Å²) in [5.41, 5.74) is 1.26. The van der Waals surface area contributed by atoms with E-state index in [4.69, 9.17) is 9.47 Å². The molecule has 26 heavy (non-hydrogen) atoms. The van der Waals surface area contributed by atoms with E-state index in [0.717, 1.165) is 0 Å². The lowest BCUT2D eigenvalue weighted by Gasteiger charge is -2.22. The highest BCUT2D eigenvalue weighted by Gasteiger charge is 2.19. The normalized spacial score (nSPS) is 11.9. The van der Waals surface area contributed by atoms with Crippen LogP contribution in [0.5, 0.6) is 11.5 Å². The van der Waals surface area contributed by atoms with Crippen LogP contribution in [0.2, 0.25) is 0 Å². The number of ketones is 1. The molecular weight excluding hydrogens is 324 g/mol.